The van der Waals surface area contributed by atoms with Gasteiger partial charge in [-0.25, -0.2) is 13.2 Å². The number of nitrogens with zero attached hydrogens (tertiary/aromatic N) is 4. The molecule has 3 heterocycles. The van der Waals surface area contributed by atoms with Gasteiger partial charge >= 0.3 is 6.03 Å². The highest BCUT2D eigenvalue weighted by atomic mass is 32.2. The van der Waals surface area contributed by atoms with Crippen molar-refractivity contribution in [2.45, 2.75) is 24.2 Å². The molecule has 3 aliphatic heterocycles. The molecule has 0 aromatic heterocycles. The number of hydrogen-bond acceptors (Lipinski definition) is 4. The lowest BCUT2D eigenvalue weighted by Gasteiger charge is -2.36. The van der Waals surface area contributed by atoms with E-state index in [4.69, 9.17) is 0 Å². The van der Waals surface area contributed by atoms with Crippen molar-refractivity contribution >= 4 is 27.6 Å². The lowest BCUT2D eigenvalue weighted by Crippen LogP contribution is -2.53. The van der Waals surface area contributed by atoms with E-state index in [0.29, 0.717) is 50.4 Å². The molecular formula is C24H28N4O4S. The van der Waals surface area contributed by atoms with Crippen LogP contribution >= 0.6 is 0 Å². The van der Waals surface area contributed by atoms with E-state index in [-0.39, 0.29) is 16.8 Å². The first-order valence-electron chi connectivity index (χ1n) is 11.5. The van der Waals surface area contributed by atoms with Gasteiger partial charge in [0.1, 0.15) is 0 Å². The summed E-state index contributed by atoms with van der Waals surface area (Å²) in [6.07, 6.45) is 2.77. The fourth-order valence-corrected chi connectivity index (χ4v) is 6.42. The molecule has 0 unspecified atom stereocenters. The van der Waals surface area contributed by atoms with E-state index in [9.17, 15) is 18.0 Å². The zero-order valence-electron chi connectivity index (χ0n) is 18.5. The summed E-state index contributed by atoms with van der Waals surface area (Å²) in [5.41, 5.74) is 2.06. The molecule has 5 rings (SSSR count). The Morgan fingerprint density at radius 2 is 1.39 bits per heavy atom. The number of carbonyl (C=O) groups excluding carboxylic acids is 2. The predicted molar refractivity (Wildman–Crippen MR) is 125 cm³/mol. The topological polar surface area (TPSA) is 81.2 Å². The van der Waals surface area contributed by atoms with Gasteiger partial charge in [0, 0.05) is 51.4 Å². The number of piperazine rings is 1. The zero-order valence-corrected chi connectivity index (χ0v) is 19.3. The maximum absolute atomic E-state index is 13.3. The van der Waals surface area contributed by atoms with Gasteiger partial charge < -0.3 is 14.7 Å². The molecule has 0 atom stereocenters. The molecule has 2 fully saturated rings. The van der Waals surface area contributed by atoms with Gasteiger partial charge in [-0.05, 0) is 49.1 Å². The summed E-state index contributed by atoms with van der Waals surface area (Å²) in [6.45, 7) is 3.87. The second kappa shape index (κ2) is 8.70. The Morgan fingerprint density at radius 3 is 2.15 bits per heavy atom. The Bertz CT molecular complexity index is 1170. The highest BCUT2D eigenvalue weighted by molar-refractivity contribution is 7.92. The Morgan fingerprint density at radius 1 is 0.727 bits per heavy atom. The van der Waals surface area contributed by atoms with Crippen LogP contribution in [0.4, 0.5) is 10.5 Å². The maximum Gasteiger partial charge on any atom is 0.320 e. The molecule has 2 saturated heterocycles. The van der Waals surface area contributed by atoms with Gasteiger partial charge in [-0.3, -0.25) is 9.10 Å². The van der Waals surface area contributed by atoms with Crippen LogP contribution in [0, 0.1) is 0 Å². The van der Waals surface area contributed by atoms with Crippen LogP contribution < -0.4 is 4.31 Å². The first-order chi connectivity index (χ1) is 15.9. The van der Waals surface area contributed by atoms with Crippen LogP contribution in [0.3, 0.4) is 0 Å². The van der Waals surface area contributed by atoms with E-state index in [1.165, 1.54) is 10.4 Å². The standard InChI is InChI=1S/C24H28N4O4S/c29-23(25-14-16-27(17-15-25)24(30)26-11-3-4-12-26)20-7-5-8-21(18-20)33(31,32)28-13-10-19-6-1-2-9-22(19)28/h1-2,5-9,18H,3-4,10-17H2. The van der Waals surface area contributed by atoms with Crippen LogP contribution in [0.15, 0.2) is 53.4 Å². The molecule has 174 valence electrons. The quantitative estimate of drug-likeness (QED) is 0.693. The highest BCUT2D eigenvalue weighted by Gasteiger charge is 2.32. The number of amides is 3. The largest absolute Gasteiger partial charge is 0.335 e. The number of fused-ring (bicyclic) bond motifs is 1. The summed E-state index contributed by atoms with van der Waals surface area (Å²) in [6, 6.07) is 13.8. The SMILES string of the molecule is O=C(c1cccc(S(=O)(=O)N2CCc3ccccc32)c1)N1CCN(C(=O)N2CCCC2)CC1. The lowest BCUT2D eigenvalue weighted by atomic mass is 10.2. The summed E-state index contributed by atoms with van der Waals surface area (Å²) in [7, 11) is -3.76. The van der Waals surface area contributed by atoms with Crippen LogP contribution in [0.2, 0.25) is 0 Å². The maximum atomic E-state index is 13.3. The minimum atomic E-state index is -3.76. The summed E-state index contributed by atoms with van der Waals surface area (Å²) >= 11 is 0. The van der Waals surface area contributed by atoms with Gasteiger partial charge in [0.25, 0.3) is 15.9 Å². The third-order valence-corrected chi connectivity index (χ3v) is 8.54. The summed E-state index contributed by atoms with van der Waals surface area (Å²) in [5.74, 6) is -0.206. The van der Waals surface area contributed by atoms with E-state index in [2.05, 4.69) is 0 Å². The molecule has 0 N–H and O–H groups in total. The first-order valence-corrected chi connectivity index (χ1v) is 12.9. The van der Waals surface area contributed by atoms with Crippen molar-refractivity contribution in [3.05, 3.63) is 59.7 Å². The molecule has 2 aromatic rings. The molecule has 0 bridgehead atoms. The van der Waals surface area contributed by atoms with Crippen molar-refractivity contribution in [3.63, 3.8) is 0 Å². The average Bonchev–Trinajstić information content (AvgIpc) is 3.54. The van der Waals surface area contributed by atoms with Gasteiger partial charge in [-0.1, -0.05) is 24.3 Å². The van der Waals surface area contributed by atoms with Crippen LogP contribution in [0.25, 0.3) is 0 Å². The van der Waals surface area contributed by atoms with E-state index in [1.807, 2.05) is 29.2 Å². The van der Waals surface area contributed by atoms with Crippen molar-refractivity contribution in [1.29, 1.82) is 0 Å². The van der Waals surface area contributed by atoms with Gasteiger partial charge in [0.05, 0.1) is 10.6 Å². The second-order valence-electron chi connectivity index (χ2n) is 8.74. The molecule has 0 radical (unpaired) electrons. The summed E-state index contributed by atoms with van der Waals surface area (Å²) in [4.78, 5) is 31.2. The summed E-state index contributed by atoms with van der Waals surface area (Å²) in [5, 5.41) is 0. The van der Waals surface area contributed by atoms with E-state index in [0.717, 1.165) is 31.5 Å². The van der Waals surface area contributed by atoms with Crippen LogP contribution in [-0.2, 0) is 16.4 Å². The first kappa shape index (κ1) is 21.8. The van der Waals surface area contributed by atoms with Crippen LogP contribution in [0.1, 0.15) is 28.8 Å². The number of rotatable bonds is 3. The minimum Gasteiger partial charge on any atom is -0.335 e. The van der Waals surface area contributed by atoms with Crippen molar-refractivity contribution < 1.29 is 18.0 Å². The molecule has 33 heavy (non-hydrogen) atoms. The molecule has 0 spiro atoms. The Kier molecular flexibility index (Phi) is 5.74. The number of likely N-dealkylation sites (tertiary alicyclic amines) is 1. The normalized spacial score (nSPS) is 18.5. The summed E-state index contributed by atoms with van der Waals surface area (Å²) < 4.78 is 28.1. The number of hydrogen-bond donors (Lipinski definition) is 0. The number of carbonyl (C=O) groups is 2. The molecule has 9 heteroatoms. The third kappa shape index (κ3) is 4.06. The number of benzene rings is 2. The van der Waals surface area contributed by atoms with E-state index in [1.54, 1.807) is 28.0 Å². The molecule has 2 aromatic carbocycles. The highest BCUT2D eigenvalue weighted by Crippen LogP contribution is 2.32. The molecular weight excluding hydrogens is 440 g/mol. The molecule has 0 aliphatic carbocycles. The minimum absolute atomic E-state index is 0.0542. The zero-order chi connectivity index (χ0) is 23.0. The second-order valence-corrected chi connectivity index (χ2v) is 10.6. The monoisotopic (exact) mass is 468 g/mol. The Balaban J connectivity index is 1.29. The molecule has 0 saturated carbocycles. The smallest absolute Gasteiger partial charge is 0.320 e. The third-order valence-electron chi connectivity index (χ3n) is 6.73. The Labute approximate surface area is 194 Å². The predicted octanol–water partition coefficient (Wildman–Crippen LogP) is 2.41. The van der Waals surface area contributed by atoms with Crippen molar-refractivity contribution in [2.24, 2.45) is 0 Å². The average molecular weight is 469 g/mol. The van der Waals surface area contributed by atoms with Gasteiger partial charge in [-0.2, -0.15) is 0 Å². The van der Waals surface area contributed by atoms with Crippen molar-refractivity contribution in [2.75, 3.05) is 50.1 Å². The van der Waals surface area contributed by atoms with Gasteiger partial charge in [-0.15, -0.1) is 0 Å². The van der Waals surface area contributed by atoms with Crippen LogP contribution in [0.5, 0.6) is 0 Å². The van der Waals surface area contributed by atoms with Crippen molar-refractivity contribution in [1.82, 2.24) is 14.7 Å². The van der Waals surface area contributed by atoms with E-state index < -0.39 is 10.0 Å². The van der Waals surface area contributed by atoms with Crippen LogP contribution in [-0.4, -0.2) is 80.9 Å². The van der Waals surface area contributed by atoms with Gasteiger partial charge in [0.2, 0.25) is 0 Å². The van der Waals surface area contributed by atoms with E-state index >= 15 is 0 Å². The lowest BCUT2D eigenvalue weighted by molar-refractivity contribution is 0.0644. The van der Waals surface area contributed by atoms with Gasteiger partial charge in [0.15, 0.2) is 0 Å². The Hall–Kier alpha value is -3.07. The fraction of sp³-hybridized carbons (Fsp3) is 0.417. The molecule has 3 amide bonds. The fourth-order valence-electron chi connectivity index (χ4n) is 4.87. The number of para-hydroxylation sites is 1. The number of urea groups is 1. The molecule has 3 aliphatic rings. The van der Waals surface area contributed by atoms with Crippen molar-refractivity contribution in [3.8, 4) is 0 Å². The number of sulfonamides is 1. The number of anilines is 1. The molecule has 8 nitrogen and oxygen atoms in total.